The third kappa shape index (κ3) is 11.9. The van der Waals surface area contributed by atoms with Crippen LogP contribution in [0.25, 0.3) is 66.2 Å². The number of aromatic nitrogens is 6. The quantitative estimate of drug-likeness (QED) is 0.0535. The number of benzene rings is 8. The number of hydrogen-bond acceptors (Lipinski definition) is 12. The van der Waals surface area contributed by atoms with Crippen LogP contribution in [0.5, 0.6) is 69.0 Å². The Labute approximate surface area is 525 Å². The predicted molar refractivity (Wildman–Crippen MR) is 363 cm³/mol. The van der Waals surface area contributed by atoms with E-state index in [2.05, 4.69) is 194 Å². The van der Waals surface area contributed by atoms with Crippen molar-refractivity contribution in [1.29, 1.82) is 0 Å². The van der Waals surface area contributed by atoms with Gasteiger partial charge >= 0.3 is 0 Å². The molecule has 8 aromatic carbocycles. The highest BCUT2D eigenvalue weighted by Crippen LogP contribution is 2.50. The van der Waals surface area contributed by atoms with Gasteiger partial charge < -0.3 is 49.3 Å². The number of phenols is 4. The van der Waals surface area contributed by atoms with Gasteiger partial charge in [-0.2, -0.15) is 0 Å². The first-order valence-corrected chi connectivity index (χ1v) is 31.5. The zero-order valence-electron chi connectivity index (χ0n) is 54.4. The van der Waals surface area contributed by atoms with E-state index in [4.69, 9.17) is 38.9 Å². The number of phenolic OH excluding ortho intramolecular Hbond substituents is 4. The summed E-state index contributed by atoms with van der Waals surface area (Å²) in [5.41, 5.74) is 9.36. The van der Waals surface area contributed by atoms with Crippen molar-refractivity contribution in [3.63, 3.8) is 0 Å². The van der Waals surface area contributed by atoms with Crippen molar-refractivity contribution in [2.45, 2.75) is 158 Å². The molecule has 0 radical (unpaired) electrons. The van der Waals surface area contributed by atoms with Gasteiger partial charge in [-0.15, -0.1) is 0 Å². The molecule has 11 rings (SSSR count). The largest absolute Gasteiger partial charge is 0.506 e. The van der Waals surface area contributed by atoms with Gasteiger partial charge in [0.2, 0.25) is 0 Å². The standard InChI is InChI=1S/C76H82N6O8/c1-37(2)45-21-17-22-46(38(3)4)69(45)87-65-29-53-54(30-66(65)88-70-47(39(5)6)23-18-24-48(70)40(7)8)74-78-58-34-60(64(86)36-62(58)84)80-76-56-32-68(90-72-51(43(13)14)27-20-28-52(72)44(15)16)67(89-71-49(41(9)10)25-19-26-50(71)42(11)12)31-55(56)75(82-76)79-59-33-57(77-73(53)81-74)61(83)35-63(59)85/h17-44,83-86H,1-16H3,(H,77,78,81)(H,79,80,82). The average Bonchev–Trinajstić information content (AvgIpc) is 1.57. The predicted octanol–water partition coefficient (Wildman–Crippen LogP) is 21.5. The molecule has 0 fully saturated rings. The van der Waals surface area contributed by atoms with Crippen molar-refractivity contribution in [2.75, 3.05) is 0 Å². The topological polar surface area (TPSA) is 201 Å². The highest BCUT2D eigenvalue weighted by Gasteiger charge is 2.27. The van der Waals surface area contributed by atoms with Crippen LogP contribution >= 0.6 is 0 Å². The smallest absolute Gasteiger partial charge is 0.170 e. The number of rotatable bonds is 16. The fourth-order valence-corrected chi connectivity index (χ4v) is 11.9. The van der Waals surface area contributed by atoms with E-state index in [0.717, 1.165) is 44.5 Å². The number of para-hydroxylation sites is 4. The van der Waals surface area contributed by atoms with Crippen molar-refractivity contribution in [3.8, 4) is 69.0 Å². The molecule has 0 unspecified atom stereocenters. The van der Waals surface area contributed by atoms with Gasteiger partial charge in [0, 0.05) is 33.7 Å². The van der Waals surface area contributed by atoms with Gasteiger partial charge in [0.15, 0.2) is 23.0 Å². The summed E-state index contributed by atoms with van der Waals surface area (Å²) in [5, 5.41) is 49.4. The first kappa shape index (κ1) is 62.1. The highest BCUT2D eigenvalue weighted by atomic mass is 16.5. The summed E-state index contributed by atoms with van der Waals surface area (Å²) < 4.78 is 29.0. The second-order valence-corrected chi connectivity index (χ2v) is 26.1. The Morgan fingerprint density at radius 1 is 0.267 bits per heavy atom. The molecule has 0 atom stereocenters. The van der Waals surface area contributed by atoms with E-state index < -0.39 is 0 Å². The maximum Gasteiger partial charge on any atom is 0.170 e. The molecule has 14 nitrogen and oxygen atoms in total. The van der Waals surface area contributed by atoms with Crippen LogP contribution < -0.4 is 18.9 Å². The van der Waals surface area contributed by atoms with Gasteiger partial charge in [-0.1, -0.05) is 184 Å². The molecular formula is C76H82N6O8. The van der Waals surface area contributed by atoms with Crippen LogP contribution in [0.3, 0.4) is 0 Å². The number of fused-ring (bicyclic) bond motifs is 14. The average molecular weight is 1210 g/mol. The van der Waals surface area contributed by atoms with Crippen molar-refractivity contribution in [3.05, 3.63) is 166 Å². The normalized spacial score (nSPS) is 12.1. The highest BCUT2D eigenvalue weighted by molar-refractivity contribution is 6.08. The van der Waals surface area contributed by atoms with Crippen molar-refractivity contribution in [2.24, 2.45) is 0 Å². The lowest BCUT2D eigenvalue weighted by atomic mass is 9.94. The number of aromatic amines is 2. The summed E-state index contributed by atoms with van der Waals surface area (Å²) in [6.07, 6.45) is 0. The second kappa shape index (κ2) is 24.8. The van der Waals surface area contributed by atoms with E-state index in [-0.39, 0.29) is 115 Å². The zero-order chi connectivity index (χ0) is 64.3. The molecule has 3 heterocycles. The number of nitrogens with one attached hydrogen (secondary N) is 2. The molecule has 90 heavy (non-hydrogen) atoms. The Balaban J connectivity index is 1.25. The molecule has 6 N–H and O–H groups in total. The molecule has 0 aliphatic carbocycles. The Morgan fingerprint density at radius 3 is 0.611 bits per heavy atom. The monoisotopic (exact) mass is 1210 g/mol. The van der Waals surface area contributed by atoms with E-state index in [0.29, 0.717) is 67.5 Å². The molecule has 8 bridgehead atoms. The molecule has 11 aromatic rings. The summed E-state index contributed by atoms with van der Waals surface area (Å²) in [6.45, 7) is 34.2. The van der Waals surface area contributed by atoms with Crippen LogP contribution in [0, 0.1) is 0 Å². The number of ether oxygens (including phenoxy) is 4. The lowest BCUT2D eigenvalue weighted by molar-refractivity contribution is 0.405. The number of aromatic hydroxyl groups is 4. The van der Waals surface area contributed by atoms with E-state index >= 15 is 0 Å². The lowest BCUT2D eigenvalue weighted by Gasteiger charge is -2.23. The zero-order valence-corrected chi connectivity index (χ0v) is 54.4. The van der Waals surface area contributed by atoms with Crippen molar-refractivity contribution < 1.29 is 39.4 Å². The number of nitrogens with zero attached hydrogens (tertiary/aromatic N) is 4. The summed E-state index contributed by atoms with van der Waals surface area (Å²) in [5.74, 6) is 3.90. The van der Waals surface area contributed by atoms with Crippen LogP contribution in [-0.4, -0.2) is 50.3 Å². The summed E-state index contributed by atoms with van der Waals surface area (Å²) in [7, 11) is 0. The molecule has 0 saturated heterocycles. The number of H-pyrrole nitrogens is 2. The Morgan fingerprint density at radius 2 is 0.444 bits per heavy atom. The minimum absolute atomic E-state index is 0.0577. The Bertz CT molecular complexity index is 4020. The van der Waals surface area contributed by atoms with Gasteiger partial charge in [0.25, 0.3) is 0 Å². The van der Waals surface area contributed by atoms with Crippen LogP contribution in [0.1, 0.15) is 203 Å². The van der Waals surface area contributed by atoms with E-state index in [1.807, 2.05) is 24.3 Å². The fourth-order valence-electron chi connectivity index (χ4n) is 11.9. The molecule has 14 heteroatoms. The third-order valence-corrected chi connectivity index (χ3v) is 16.9. The van der Waals surface area contributed by atoms with Crippen molar-refractivity contribution in [1.82, 2.24) is 29.9 Å². The molecule has 0 saturated carbocycles. The van der Waals surface area contributed by atoms with Gasteiger partial charge in [0.05, 0.1) is 0 Å². The fraction of sp³-hybridized carbons (Fsp3) is 0.316. The van der Waals surface area contributed by atoms with Crippen molar-refractivity contribution >= 4 is 66.2 Å². The molecule has 0 amide bonds. The van der Waals surface area contributed by atoms with Crippen LogP contribution in [0.4, 0.5) is 0 Å². The SMILES string of the molecule is CC(C)c1cccc(C(C)C)c1Oc1cc2c3nc4cc(nc5[nH]c(nc6cc(nc([nH]3)c2cc1Oc1c(C(C)C)cccc1C(C)C)c(O)cc6O)c1cc(Oc2c(C(C)C)cccc2C(C)C)c(Oc2c(C(C)C)cccc2C(C)C)cc51)c(O)cc4O. The van der Waals surface area contributed by atoms with E-state index in [9.17, 15) is 20.4 Å². The first-order valence-electron chi connectivity index (χ1n) is 31.5. The minimum Gasteiger partial charge on any atom is -0.506 e. The van der Waals surface area contributed by atoms with E-state index in [1.165, 1.54) is 24.3 Å². The summed E-state index contributed by atoms with van der Waals surface area (Å²) in [4.78, 5) is 27.3. The van der Waals surface area contributed by atoms with Crippen LogP contribution in [0.15, 0.2) is 121 Å². The second-order valence-electron chi connectivity index (χ2n) is 26.1. The maximum absolute atomic E-state index is 11.8. The van der Waals surface area contributed by atoms with Gasteiger partial charge in [-0.25, -0.2) is 19.9 Å². The van der Waals surface area contributed by atoms with Gasteiger partial charge in [-0.05, 0) is 128 Å². The molecule has 0 spiro atoms. The maximum atomic E-state index is 11.8. The molecule has 0 aliphatic rings. The van der Waals surface area contributed by atoms with Crippen LogP contribution in [0.2, 0.25) is 0 Å². The minimum atomic E-state index is -0.332. The van der Waals surface area contributed by atoms with E-state index in [1.54, 1.807) is 0 Å². The molecular weight excluding hydrogens is 1120 g/mol. The number of hydrogen-bond donors (Lipinski definition) is 6. The Kier molecular flexibility index (Phi) is 17.1. The molecule has 3 aromatic heterocycles. The first-order chi connectivity index (χ1) is 42.8. The van der Waals surface area contributed by atoms with Gasteiger partial charge in [-0.3, -0.25) is 0 Å². The third-order valence-electron chi connectivity index (χ3n) is 16.9. The summed E-state index contributed by atoms with van der Waals surface area (Å²) >= 11 is 0. The molecule has 0 aliphatic heterocycles. The Hall–Kier alpha value is -9.56. The molecule has 464 valence electrons. The lowest BCUT2D eigenvalue weighted by Crippen LogP contribution is -2.03. The van der Waals surface area contributed by atoms with Crippen LogP contribution in [-0.2, 0) is 0 Å². The van der Waals surface area contributed by atoms with Gasteiger partial charge in [0.1, 0.15) is 90.7 Å². The summed E-state index contributed by atoms with van der Waals surface area (Å²) in [6, 6.07) is 37.8.